The quantitative estimate of drug-likeness (QED) is 0.660. The summed E-state index contributed by atoms with van der Waals surface area (Å²) in [5, 5.41) is 2.59. The molecule has 1 fully saturated rings. The summed E-state index contributed by atoms with van der Waals surface area (Å²) < 4.78 is 2.04. The molecule has 1 aromatic heterocycles. The molecule has 1 aliphatic heterocycles. The van der Waals surface area contributed by atoms with Crippen molar-refractivity contribution in [1.82, 2.24) is 9.88 Å². The molecular weight excluding hydrogens is 354 g/mol. The summed E-state index contributed by atoms with van der Waals surface area (Å²) in [6, 6.07) is 7.68. The summed E-state index contributed by atoms with van der Waals surface area (Å²) in [6.45, 7) is 6.04. The Morgan fingerprint density at radius 3 is 2.50 bits per heavy atom. The van der Waals surface area contributed by atoms with Crippen LogP contribution in [0.25, 0.3) is 6.08 Å². The van der Waals surface area contributed by atoms with Crippen molar-refractivity contribution >= 4 is 41.2 Å². The number of aromatic nitrogens is 1. The molecule has 1 aliphatic rings. The summed E-state index contributed by atoms with van der Waals surface area (Å²) in [7, 11) is 0. The Balaban J connectivity index is 2.01. The minimum atomic E-state index is -0.796. The van der Waals surface area contributed by atoms with E-state index in [0.717, 1.165) is 16.2 Å². The first-order chi connectivity index (χ1) is 12.3. The molecule has 7 heteroatoms. The van der Waals surface area contributed by atoms with Crippen molar-refractivity contribution in [2.75, 3.05) is 4.90 Å². The fourth-order valence-electron chi connectivity index (χ4n) is 2.92. The normalized spacial score (nSPS) is 16.6. The molecule has 2 heterocycles. The van der Waals surface area contributed by atoms with Gasteiger partial charge in [0.05, 0.1) is 5.69 Å². The zero-order valence-electron chi connectivity index (χ0n) is 14.6. The van der Waals surface area contributed by atoms with Crippen molar-refractivity contribution in [3.05, 3.63) is 58.4 Å². The number of carbonyl (C=O) groups excluding carboxylic acids is 3. The maximum atomic E-state index is 12.8. The topological polar surface area (TPSA) is 71.4 Å². The van der Waals surface area contributed by atoms with E-state index >= 15 is 0 Å². The minimum absolute atomic E-state index is 0.106. The van der Waals surface area contributed by atoms with Crippen LogP contribution in [0.1, 0.15) is 31.1 Å². The van der Waals surface area contributed by atoms with Gasteiger partial charge in [0.25, 0.3) is 11.8 Å². The number of carbonyl (C=O) groups is 3. The lowest BCUT2D eigenvalue weighted by atomic mass is 10.1. The van der Waals surface area contributed by atoms with Crippen LogP contribution in [0.4, 0.5) is 10.5 Å². The first-order valence-corrected chi connectivity index (χ1v) is 8.51. The molecule has 4 amide bonds. The summed E-state index contributed by atoms with van der Waals surface area (Å²) in [5.41, 5.74) is 1.92. The number of hydrogen-bond donors (Lipinski definition) is 1. The molecule has 0 spiro atoms. The fourth-order valence-corrected chi connectivity index (χ4v) is 3.11. The van der Waals surface area contributed by atoms with Crippen LogP contribution in [0.2, 0.25) is 5.02 Å². The third kappa shape index (κ3) is 3.28. The van der Waals surface area contributed by atoms with Crippen LogP contribution in [-0.4, -0.2) is 22.4 Å². The van der Waals surface area contributed by atoms with E-state index in [1.807, 2.05) is 37.6 Å². The number of hydrogen-bond acceptors (Lipinski definition) is 3. The van der Waals surface area contributed by atoms with Gasteiger partial charge in [-0.15, -0.1) is 0 Å². The van der Waals surface area contributed by atoms with Gasteiger partial charge < -0.3 is 4.57 Å². The Morgan fingerprint density at radius 2 is 1.88 bits per heavy atom. The van der Waals surface area contributed by atoms with Gasteiger partial charge in [0.15, 0.2) is 0 Å². The highest BCUT2D eigenvalue weighted by atomic mass is 35.5. The average Bonchev–Trinajstić information content (AvgIpc) is 2.92. The summed E-state index contributed by atoms with van der Waals surface area (Å²) in [4.78, 5) is 38.1. The average molecular weight is 372 g/mol. The highest BCUT2D eigenvalue weighted by Crippen LogP contribution is 2.25. The Labute approximate surface area is 156 Å². The van der Waals surface area contributed by atoms with Crippen LogP contribution >= 0.6 is 11.6 Å². The van der Waals surface area contributed by atoms with Gasteiger partial charge in [-0.1, -0.05) is 17.7 Å². The number of barbiturate groups is 1. The van der Waals surface area contributed by atoms with Crippen LogP contribution in [0.3, 0.4) is 0 Å². The van der Waals surface area contributed by atoms with Crippen LogP contribution in [0.5, 0.6) is 0 Å². The Hall–Kier alpha value is -2.86. The van der Waals surface area contributed by atoms with E-state index in [0.29, 0.717) is 10.7 Å². The van der Waals surface area contributed by atoms with Gasteiger partial charge in [-0.25, -0.2) is 9.69 Å². The Morgan fingerprint density at radius 1 is 1.15 bits per heavy atom. The van der Waals surface area contributed by atoms with Crippen LogP contribution in [0.15, 0.2) is 42.1 Å². The molecular formula is C19H18ClN3O3. The predicted molar refractivity (Wildman–Crippen MR) is 100 cm³/mol. The van der Waals surface area contributed by atoms with Gasteiger partial charge in [-0.3, -0.25) is 14.9 Å². The largest absolute Gasteiger partial charge is 0.349 e. The second-order valence-corrected chi connectivity index (χ2v) is 6.79. The van der Waals surface area contributed by atoms with Gasteiger partial charge in [-0.05, 0) is 56.7 Å². The smallest absolute Gasteiger partial charge is 0.335 e. The van der Waals surface area contributed by atoms with E-state index in [-0.39, 0.29) is 11.6 Å². The lowest BCUT2D eigenvalue weighted by Crippen LogP contribution is -2.54. The molecule has 0 unspecified atom stereocenters. The van der Waals surface area contributed by atoms with Crippen molar-refractivity contribution in [2.24, 2.45) is 0 Å². The molecule has 1 N–H and O–H groups in total. The third-order valence-electron chi connectivity index (χ3n) is 4.11. The third-order valence-corrected chi connectivity index (χ3v) is 4.34. The SMILES string of the molecule is Cc1cc(/C=C2/C(=O)NC(=O)N(c3cccc(Cl)c3)C2=O)cn1C(C)C. The number of anilines is 1. The maximum absolute atomic E-state index is 12.8. The van der Waals surface area contributed by atoms with E-state index in [9.17, 15) is 14.4 Å². The highest BCUT2D eigenvalue weighted by Gasteiger charge is 2.36. The van der Waals surface area contributed by atoms with Crippen molar-refractivity contribution in [2.45, 2.75) is 26.8 Å². The van der Waals surface area contributed by atoms with Crippen LogP contribution in [-0.2, 0) is 9.59 Å². The number of amides is 4. The van der Waals surface area contributed by atoms with E-state index in [1.54, 1.807) is 18.2 Å². The first-order valence-electron chi connectivity index (χ1n) is 8.13. The number of aryl methyl sites for hydroxylation is 1. The number of urea groups is 1. The Bertz CT molecular complexity index is 943. The standard InChI is InChI=1S/C19H18ClN3O3/c1-11(2)22-10-13(7-12(22)3)8-16-17(24)21-19(26)23(18(16)25)15-6-4-5-14(20)9-15/h4-11H,1-3H3,(H,21,24,26)/b16-8-. The predicted octanol–water partition coefficient (Wildman–Crippen LogP) is 3.70. The van der Waals surface area contributed by atoms with Crippen molar-refractivity contribution in [3.8, 4) is 0 Å². The minimum Gasteiger partial charge on any atom is -0.349 e. The lowest BCUT2D eigenvalue weighted by molar-refractivity contribution is -0.122. The summed E-state index contributed by atoms with van der Waals surface area (Å²) in [6.07, 6.45) is 3.36. The number of imide groups is 2. The molecule has 0 radical (unpaired) electrons. The zero-order chi connectivity index (χ0) is 19.0. The van der Waals surface area contributed by atoms with Gasteiger partial charge >= 0.3 is 6.03 Å². The van der Waals surface area contributed by atoms with Crippen molar-refractivity contribution in [1.29, 1.82) is 0 Å². The van der Waals surface area contributed by atoms with Crippen LogP contribution < -0.4 is 10.2 Å². The molecule has 2 aromatic rings. The van der Waals surface area contributed by atoms with Gasteiger partial charge in [0.1, 0.15) is 5.57 Å². The number of rotatable bonds is 3. The monoisotopic (exact) mass is 371 g/mol. The van der Waals surface area contributed by atoms with E-state index in [1.165, 1.54) is 12.1 Å². The van der Waals surface area contributed by atoms with Gasteiger partial charge in [0, 0.05) is 23.0 Å². The fraction of sp³-hybridized carbons (Fsp3) is 0.211. The van der Waals surface area contributed by atoms with Gasteiger partial charge in [-0.2, -0.15) is 0 Å². The summed E-state index contributed by atoms with van der Waals surface area (Å²) in [5.74, 6) is -1.40. The molecule has 134 valence electrons. The van der Waals surface area contributed by atoms with E-state index < -0.39 is 17.8 Å². The second-order valence-electron chi connectivity index (χ2n) is 6.35. The molecule has 0 aliphatic carbocycles. The number of nitrogens with zero attached hydrogens (tertiary/aromatic N) is 2. The highest BCUT2D eigenvalue weighted by molar-refractivity contribution is 6.39. The molecule has 26 heavy (non-hydrogen) atoms. The second kappa shape index (κ2) is 6.80. The van der Waals surface area contributed by atoms with E-state index in [4.69, 9.17) is 11.6 Å². The molecule has 1 aromatic carbocycles. The van der Waals surface area contributed by atoms with Crippen molar-refractivity contribution in [3.63, 3.8) is 0 Å². The number of benzene rings is 1. The molecule has 1 saturated heterocycles. The number of halogens is 1. The molecule has 0 bridgehead atoms. The zero-order valence-corrected chi connectivity index (χ0v) is 15.4. The molecule has 0 atom stereocenters. The van der Waals surface area contributed by atoms with Gasteiger partial charge in [0.2, 0.25) is 0 Å². The molecule has 3 rings (SSSR count). The van der Waals surface area contributed by atoms with Crippen molar-refractivity contribution < 1.29 is 14.4 Å². The molecule has 0 saturated carbocycles. The summed E-state index contributed by atoms with van der Waals surface area (Å²) >= 11 is 5.95. The number of nitrogens with one attached hydrogen (secondary N) is 1. The Kier molecular flexibility index (Phi) is 4.70. The van der Waals surface area contributed by atoms with E-state index in [2.05, 4.69) is 5.32 Å². The van der Waals surface area contributed by atoms with Crippen LogP contribution in [0, 0.1) is 6.92 Å². The molecule has 6 nitrogen and oxygen atoms in total. The lowest BCUT2D eigenvalue weighted by Gasteiger charge is -2.26. The first kappa shape index (κ1) is 17.9. The maximum Gasteiger partial charge on any atom is 0.335 e.